The maximum absolute atomic E-state index is 13.5. The number of carbonyl (C=O) groups is 2. The number of benzene rings is 2. The minimum Gasteiger partial charge on any atom is -0.508 e. The molecule has 0 saturated carbocycles. The molecule has 0 aliphatic carbocycles. The molecule has 0 aliphatic heterocycles. The summed E-state index contributed by atoms with van der Waals surface area (Å²) in [6, 6.07) is 7.93. The molecule has 1 unspecified atom stereocenters. The molecule has 164 valence electrons. The SMILES string of the molecule is C=CCOc1cc(OCC=C)c(C(=O)c2ccc(C)c(O)c2)c(C(CC)C(=O)OC)c1. The van der Waals surface area contributed by atoms with Crippen molar-refractivity contribution in [2.24, 2.45) is 0 Å². The molecule has 2 aromatic carbocycles. The average Bonchev–Trinajstić information content (AvgIpc) is 2.77. The van der Waals surface area contributed by atoms with Crippen LogP contribution in [0.15, 0.2) is 55.6 Å². The van der Waals surface area contributed by atoms with E-state index in [9.17, 15) is 14.7 Å². The van der Waals surface area contributed by atoms with Gasteiger partial charge < -0.3 is 19.3 Å². The number of esters is 1. The van der Waals surface area contributed by atoms with E-state index in [4.69, 9.17) is 14.2 Å². The van der Waals surface area contributed by atoms with Crippen molar-refractivity contribution in [3.05, 3.63) is 77.9 Å². The summed E-state index contributed by atoms with van der Waals surface area (Å²) >= 11 is 0. The third-order valence-electron chi connectivity index (χ3n) is 4.80. The second kappa shape index (κ2) is 11.0. The molecular weight excluding hydrogens is 396 g/mol. The van der Waals surface area contributed by atoms with Crippen molar-refractivity contribution in [1.82, 2.24) is 0 Å². The topological polar surface area (TPSA) is 82.1 Å². The Morgan fingerprint density at radius 1 is 1.10 bits per heavy atom. The van der Waals surface area contributed by atoms with Gasteiger partial charge in [-0.15, -0.1) is 0 Å². The number of hydrogen-bond donors (Lipinski definition) is 1. The highest BCUT2D eigenvalue weighted by molar-refractivity contribution is 6.12. The summed E-state index contributed by atoms with van der Waals surface area (Å²) in [4.78, 5) is 26.1. The number of phenolic OH excluding ortho intramolecular Hbond substituents is 1. The highest BCUT2D eigenvalue weighted by atomic mass is 16.5. The first-order valence-corrected chi connectivity index (χ1v) is 9.95. The fourth-order valence-corrected chi connectivity index (χ4v) is 3.18. The molecule has 0 aromatic heterocycles. The number of methoxy groups -OCH3 is 1. The predicted molar refractivity (Wildman–Crippen MR) is 119 cm³/mol. The molecule has 6 heteroatoms. The van der Waals surface area contributed by atoms with Crippen molar-refractivity contribution in [2.45, 2.75) is 26.2 Å². The first-order chi connectivity index (χ1) is 14.9. The molecular formula is C25H28O6. The molecule has 0 saturated heterocycles. The molecule has 0 bridgehead atoms. The smallest absolute Gasteiger partial charge is 0.313 e. The molecule has 0 fully saturated rings. The number of aryl methyl sites for hydroxylation is 1. The van der Waals surface area contributed by atoms with Gasteiger partial charge in [0.05, 0.1) is 18.6 Å². The molecule has 0 amide bonds. The Balaban J connectivity index is 2.76. The van der Waals surface area contributed by atoms with Gasteiger partial charge in [0.15, 0.2) is 5.78 Å². The fourth-order valence-electron chi connectivity index (χ4n) is 3.18. The van der Waals surface area contributed by atoms with Crippen LogP contribution in [-0.4, -0.2) is 37.2 Å². The Bertz CT molecular complexity index is 976. The summed E-state index contributed by atoms with van der Waals surface area (Å²) in [5.41, 5.74) is 1.56. The number of rotatable bonds is 11. The highest BCUT2D eigenvalue weighted by Crippen LogP contribution is 2.37. The van der Waals surface area contributed by atoms with E-state index in [1.807, 2.05) is 6.92 Å². The second-order valence-corrected chi connectivity index (χ2v) is 6.90. The molecule has 0 spiro atoms. The lowest BCUT2D eigenvalue weighted by Crippen LogP contribution is -2.19. The number of ketones is 1. The Hall–Kier alpha value is -3.54. The van der Waals surface area contributed by atoms with Gasteiger partial charge in [-0.25, -0.2) is 0 Å². The van der Waals surface area contributed by atoms with Gasteiger partial charge in [0.1, 0.15) is 30.5 Å². The van der Waals surface area contributed by atoms with Gasteiger partial charge in [0.25, 0.3) is 0 Å². The van der Waals surface area contributed by atoms with Gasteiger partial charge in [-0.3, -0.25) is 9.59 Å². The summed E-state index contributed by atoms with van der Waals surface area (Å²) < 4.78 is 16.4. The summed E-state index contributed by atoms with van der Waals surface area (Å²) in [5.74, 6) is -0.877. The summed E-state index contributed by atoms with van der Waals surface area (Å²) in [7, 11) is 1.30. The van der Waals surface area contributed by atoms with E-state index in [-0.39, 0.29) is 41.6 Å². The Labute approximate surface area is 182 Å². The van der Waals surface area contributed by atoms with Crippen LogP contribution in [0, 0.1) is 6.92 Å². The monoisotopic (exact) mass is 424 g/mol. The number of carbonyl (C=O) groups excluding carboxylic acids is 2. The average molecular weight is 424 g/mol. The summed E-state index contributed by atoms with van der Waals surface area (Å²) in [5, 5.41) is 10.1. The molecule has 0 radical (unpaired) electrons. The van der Waals surface area contributed by atoms with Crippen molar-refractivity contribution in [3.63, 3.8) is 0 Å². The zero-order chi connectivity index (χ0) is 23.0. The highest BCUT2D eigenvalue weighted by Gasteiger charge is 2.30. The lowest BCUT2D eigenvalue weighted by Gasteiger charge is -2.21. The van der Waals surface area contributed by atoms with Gasteiger partial charge in [0.2, 0.25) is 0 Å². The maximum atomic E-state index is 13.5. The zero-order valence-corrected chi connectivity index (χ0v) is 18.1. The van der Waals surface area contributed by atoms with Crippen LogP contribution in [0.3, 0.4) is 0 Å². The van der Waals surface area contributed by atoms with E-state index in [0.717, 1.165) is 0 Å². The first-order valence-electron chi connectivity index (χ1n) is 9.95. The molecule has 2 rings (SSSR count). The van der Waals surface area contributed by atoms with E-state index in [0.29, 0.717) is 23.3 Å². The standard InChI is InChI=1S/C25H28O6/c1-6-11-30-18-14-20(19(8-3)25(28)29-5)23(22(15-18)31-12-7-2)24(27)17-10-9-16(4)21(26)13-17/h6-7,9-10,13-15,19,26H,1-2,8,11-12H2,3-5H3. The van der Waals surface area contributed by atoms with E-state index in [1.54, 1.807) is 43.3 Å². The predicted octanol–water partition coefficient (Wildman–Crippen LogP) is 4.73. The van der Waals surface area contributed by atoms with Crippen LogP contribution in [0.25, 0.3) is 0 Å². The van der Waals surface area contributed by atoms with Gasteiger partial charge in [-0.1, -0.05) is 44.4 Å². The minimum atomic E-state index is -0.707. The third kappa shape index (κ3) is 5.54. The van der Waals surface area contributed by atoms with E-state index >= 15 is 0 Å². The third-order valence-corrected chi connectivity index (χ3v) is 4.80. The van der Waals surface area contributed by atoms with E-state index in [1.165, 1.54) is 13.2 Å². The van der Waals surface area contributed by atoms with Crippen molar-refractivity contribution in [2.75, 3.05) is 20.3 Å². The lowest BCUT2D eigenvalue weighted by atomic mass is 9.87. The molecule has 0 heterocycles. The van der Waals surface area contributed by atoms with Crippen molar-refractivity contribution < 1.29 is 28.9 Å². The maximum Gasteiger partial charge on any atom is 0.313 e. The largest absolute Gasteiger partial charge is 0.508 e. The van der Waals surface area contributed by atoms with E-state index < -0.39 is 11.9 Å². The molecule has 1 N–H and O–H groups in total. The lowest BCUT2D eigenvalue weighted by molar-refractivity contribution is -0.142. The quantitative estimate of drug-likeness (QED) is 0.319. The van der Waals surface area contributed by atoms with Crippen LogP contribution in [0.4, 0.5) is 0 Å². The van der Waals surface area contributed by atoms with Gasteiger partial charge in [-0.05, 0) is 36.6 Å². The van der Waals surface area contributed by atoms with Crippen LogP contribution in [0.5, 0.6) is 17.2 Å². The summed E-state index contributed by atoms with van der Waals surface area (Å²) in [6.07, 6.45) is 3.55. The van der Waals surface area contributed by atoms with Gasteiger partial charge >= 0.3 is 5.97 Å². The second-order valence-electron chi connectivity index (χ2n) is 6.90. The molecule has 31 heavy (non-hydrogen) atoms. The van der Waals surface area contributed by atoms with Crippen molar-refractivity contribution in [3.8, 4) is 17.2 Å². The Kier molecular flexibility index (Phi) is 8.43. The minimum absolute atomic E-state index is 0.00639. The number of aromatic hydroxyl groups is 1. The number of phenols is 1. The van der Waals surface area contributed by atoms with Crippen molar-refractivity contribution >= 4 is 11.8 Å². The normalized spacial score (nSPS) is 11.3. The Morgan fingerprint density at radius 3 is 2.35 bits per heavy atom. The van der Waals surface area contributed by atoms with Crippen LogP contribution < -0.4 is 9.47 Å². The zero-order valence-electron chi connectivity index (χ0n) is 18.1. The molecule has 2 aromatic rings. The van der Waals surface area contributed by atoms with Crippen LogP contribution in [0.1, 0.15) is 46.3 Å². The summed E-state index contributed by atoms with van der Waals surface area (Å²) in [6.45, 7) is 11.3. The van der Waals surface area contributed by atoms with Gasteiger partial charge in [0, 0.05) is 11.6 Å². The van der Waals surface area contributed by atoms with Crippen LogP contribution >= 0.6 is 0 Å². The fraction of sp³-hybridized carbons (Fsp3) is 0.280. The van der Waals surface area contributed by atoms with E-state index in [2.05, 4.69) is 13.2 Å². The van der Waals surface area contributed by atoms with Crippen LogP contribution in [0.2, 0.25) is 0 Å². The first kappa shape index (κ1) is 23.7. The van der Waals surface area contributed by atoms with Crippen LogP contribution in [-0.2, 0) is 9.53 Å². The van der Waals surface area contributed by atoms with Gasteiger partial charge in [-0.2, -0.15) is 0 Å². The molecule has 6 nitrogen and oxygen atoms in total. The molecule has 0 aliphatic rings. The van der Waals surface area contributed by atoms with Crippen molar-refractivity contribution in [1.29, 1.82) is 0 Å². The molecule has 1 atom stereocenters. The number of hydrogen-bond acceptors (Lipinski definition) is 6. The number of ether oxygens (including phenoxy) is 3. The Morgan fingerprint density at radius 2 is 1.77 bits per heavy atom.